The second kappa shape index (κ2) is 5.99. The molecule has 0 amide bonds. The molecule has 0 unspecified atom stereocenters. The molecule has 2 rings (SSSR count). The first-order valence-corrected chi connectivity index (χ1v) is 6.38. The van der Waals surface area contributed by atoms with Gasteiger partial charge in [-0.3, -0.25) is 10.1 Å². The topological polar surface area (TPSA) is 92.5 Å². The minimum atomic E-state index is -1.19. The first-order chi connectivity index (χ1) is 9.88. The third kappa shape index (κ3) is 3.42. The summed E-state index contributed by atoms with van der Waals surface area (Å²) in [4.78, 5) is 21.4. The third-order valence-electron chi connectivity index (χ3n) is 2.63. The largest absolute Gasteiger partial charge is 0.478 e. The number of nitro groups is 1. The van der Waals surface area contributed by atoms with Gasteiger partial charge in [-0.2, -0.15) is 0 Å². The highest BCUT2D eigenvalue weighted by atomic mass is 35.5. The minimum absolute atomic E-state index is 0.0774. The fraction of sp³-hybridized carbons (Fsp3) is 0. The van der Waals surface area contributed by atoms with E-state index in [1.807, 2.05) is 0 Å². The second-order valence-electron chi connectivity index (χ2n) is 4.04. The van der Waals surface area contributed by atoms with Crippen LogP contribution in [-0.2, 0) is 0 Å². The number of hydrogen-bond acceptors (Lipinski definition) is 4. The maximum atomic E-state index is 11.0. The van der Waals surface area contributed by atoms with E-state index < -0.39 is 10.9 Å². The Morgan fingerprint density at radius 3 is 2.52 bits per heavy atom. The summed E-state index contributed by atoms with van der Waals surface area (Å²) in [7, 11) is 0. The van der Waals surface area contributed by atoms with Crippen LogP contribution < -0.4 is 5.32 Å². The fourth-order valence-electron chi connectivity index (χ4n) is 1.69. The van der Waals surface area contributed by atoms with Gasteiger partial charge in [0.15, 0.2) is 0 Å². The Morgan fingerprint density at radius 1 is 1.19 bits per heavy atom. The standard InChI is InChI=1S/C13H8Cl2N2O4/c14-7-1-4-12(17(20)21)11(5-7)16-8-2-3-10(15)9(6-8)13(18)19/h1-6,16H,(H,18,19). The Morgan fingerprint density at radius 2 is 1.90 bits per heavy atom. The number of carbonyl (C=O) groups is 1. The summed E-state index contributed by atoms with van der Waals surface area (Å²) < 4.78 is 0. The summed E-state index contributed by atoms with van der Waals surface area (Å²) in [5.74, 6) is -1.19. The van der Waals surface area contributed by atoms with Crippen LogP contribution in [-0.4, -0.2) is 16.0 Å². The molecule has 2 aromatic carbocycles. The Kier molecular flexibility index (Phi) is 4.30. The van der Waals surface area contributed by atoms with Crippen LogP contribution in [0.3, 0.4) is 0 Å². The number of hydrogen-bond donors (Lipinski definition) is 2. The number of nitrogens with one attached hydrogen (secondary N) is 1. The number of rotatable bonds is 4. The number of aromatic carboxylic acids is 1. The van der Waals surface area contributed by atoms with E-state index in [4.69, 9.17) is 28.3 Å². The zero-order valence-electron chi connectivity index (χ0n) is 10.3. The van der Waals surface area contributed by atoms with Crippen molar-refractivity contribution in [2.45, 2.75) is 0 Å². The van der Waals surface area contributed by atoms with Gasteiger partial charge < -0.3 is 10.4 Å². The van der Waals surface area contributed by atoms with Gasteiger partial charge in [-0.05, 0) is 30.3 Å². The van der Waals surface area contributed by atoms with E-state index in [0.29, 0.717) is 10.7 Å². The van der Waals surface area contributed by atoms with Crippen LogP contribution in [0, 0.1) is 10.1 Å². The van der Waals surface area contributed by atoms with Gasteiger partial charge in [-0.25, -0.2) is 4.79 Å². The smallest absolute Gasteiger partial charge is 0.337 e. The number of benzene rings is 2. The molecule has 2 aromatic rings. The maximum Gasteiger partial charge on any atom is 0.337 e. The first-order valence-electron chi connectivity index (χ1n) is 5.62. The van der Waals surface area contributed by atoms with Gasteiger partial charge in [0.05, 0.1) is 15.5 Å². The van der Waals surface area contributed by atoms with Crippen molar-refractivity contribution < 1.29 is 14.8 Å². The molecule has 0 saturated carbocycles. The van der Waals surface area contributed by atoms with Crippen LogP contribution in [0.25, 0.3) is 0 Å². The fourth-order valence-corrected chi connectivity index (χ4v) is 2.06. The van der Waals surface area contributed by atoms with Crippen LogP contribution in [0.15, 0.2) is 36.4 Å². The first kappa shape index (κ1) is 15.1. The number of halogens is 2. The van der Waals surface area contributed by atoms with E-state index in [0.717, 1.165) is 0 Å². The lowest BCUT2D eigenvalue weighted by Crippen LogP contribution is -2.01. The maximum absolute atomic E-state index is 11.0. The molecule has 8 heteroatoms. The van der Waals surface area contributed by atoms with Crippen LogP contribution in [0.2, 0.25) is 10.0 Å². The van der Waals surface area contributed by atoms with Gasteiger partial charge in [0.1, 0.15) is 5.69 Å². The zero-order chi connectivity index (χ0) is 15.6. The van der Waals surface area contributed by atoms with Gasteiger partial charge in [0.25, 0.3) is 5.69 Å². The molecular formula is C13H8Cl2N2O4. The zero-order valence-corrected chi connectivity index (χ0v) is 11.9. The van der Waals surface area contributed by atoms with Crippen molar-refractivity contribution in [2.24, 2.45) is 0 Å². The van der Waals surface area contributed by atoms with E-state index in [1.165, 1.54) is 36.4 Å². The summed E-state index contributed by atoms with van der Waals surface area (Å²) in [5.41, 5.74) is 0.228. The molecule has 0 heterocycles. The summed E-state index contributed by atoms with van der Waals surface area (Å²) in [6.07, 6.45) is 0. The van der Waals surface area contributed by atoms with E-state index in [-0.39, 0.29) is 22.0 Å². The average Bonchev–Trinajstić information content (AvgIpc) is 2.40. The second-order valence-corrected chi connectivity index (χ2v) is 4.89. The van der Waals surface area contributed by atoms with Crippen LogP contribution in [0.4, 0.5) is 17.1 Å². The molecule has 0 aliphatic rings. The molecule has 0 spiro atoms. The van der Waals surface area contributed by atoms with E-state index >= 15 is 0 Å². The molecule has 0 radical (unpaired) electrons. The molecule has 108 valence electrons. The number of carboxylic acids is 1. The lowest BCUT2D eigenvalue weighted by Gasteiger charge is -2.09. The van der Waals surface area contributed by atoms with Gasteiger partial charge >= 0.3 is 5.97 Å². The van der Waals surface area contributed by atoms with Crippen LogP contribution in [0.5, 0.6) is 0 Å². The average molecular weight is 327 g/mol. The lowest BCUT2D eigenvalue weighted by molar-refractivity contribution is -0.383. The van der Waals surface area contributed by atoms with Crippen molar-refractivity contribution in [2.75, 3.05) is 5.32 Å². The summed E-state index contributed by atoms with van der Waals surface area (Å²) >= 11 is 11.6. The number of nitro benzene ring substituents is 1. The predicted octanol–water partition coefficient (Wildman–Crippen LogP) is 4.34. The number of carboxylic acid groups (broad SMARTS) is 1. The van der Waals surface area contributed by atoms with Crippen molar-refractivity contribution >= 4 is 46.2 Å². The van der Waals surface area contributed by atoms with Crippen molar-refractivity contribution in [1.29, 1.82) is 0 Å². The monoisotopic (exact) mass is 326 g/mol. The van der Waals surface area contributed by atoms with Crippen molar-refractivity contribution in [3.63, 3.8) is 0 Å². The van der Waals surface area contributed by atoms with Crippen LogP contribution >= 0.6 is 23.2 Å². The molecule has 2 N–H and O–H groups in total. The number of nitrogens with zero attached hydrogens (tertiary/aromatic N) is 1. The molecule has 0 atom stereocenters. The van der Waals surface area contributed by atoms with Gasteiger partial charge in [-0.15, -0.1) is 0 Å². The van der Waals surface area contributed by atoms with Crippen LogP contribution in [0.1, 0.15) is 10.4 Å². The number of anilines is 2. The van der Waals surface area contributed by atoms with E-state index in [9.17, 15) is 14.9 Å². The normalized spacial score (nSPS) is 10.2. The van der Waals surface area contributed by atoms with Crippen molar-refractivity contribution in [3.05, 3.63) is 62.1 Å². The molecule has 6 nitrogen and oxygen atoms in total. The van der Waals surface area contributed by atoms with Gasteiger partial charge in [0.2, 0.25) is 0 Å². The molecule has 0 bridgehead atoms. The quantitative estimate of drug-likeness (QED) is 0.643. The van der Waals surface area contributed by atoms with E-state index in [2.05, 4.69) is 5.32 Å². The summed E-state index contributed by atoms with van der Waals surface area (Å²) in [5, 5.41) is 23.1. The Labute approximate surface area is 129 Å². The van der Waals surface area contributed by atoms with Gasteiger partial charge in [-0.1, -0.05) is 23.2 Å². The Hall–Kier alpha value is -2.31. The van der Waals surface area contributed by atoms with E-state index in [1.54, 1.807) is 0 Å². The highest BCUT2D eigenvalue weighted by Crippen LogP contribution is 2.31. The van der Waals surface area contributed by atoms with Crippen molar-refractivity contribution in [3.8, 4) is 0 Å². The SMILES string of the molecule is O=C(O)c1cc(Nc2cc(Cl)ccc2[N+](=O)[O-])ccc1Cl. The minimum Gasteiger partial charge on any atom is -0.478 e. The molecule has 0 fully saturated rings. The third-order valence-corrected chi connectivity index (χ3v) is 3.20. The molecule has 0 aliphatic carbocycles. The summed E-state index contributed by atoms with van der Waals surface area (Å²) in [6, 6.07) is 8.24. The van der Waals surface area contributed by atoms with Gasteiger partial charge in [0, 0.05) is 16.8 Å². The Bertz CT molecular complexity index is 734. The van der Waals surface area contributed by atoms with Crippen molar-refractivity contribution in [1.82, 2.24) is 0 Å². The molecule has 0 aromatic heterocycles. The predicted molar refractivity (Wildman–Crippen MR) is 79.8 cm³/mol. The Balaban J connectivity index is 2.43. The molecular weight excluding hydrogens is 319 g/mol. The summed E-state index contributed by atoms with van der Waals surface area (Å²) in [6.45, 7) is 0. The lowest BCUT2D eigenvalue weighted by atomic mass is 10.2. The molecule has 0 saturated heterocycles. The highest BCUT2D eigenvalue weighted by molar-refractivity contribution is 6.33. The highest BCUT2D eigenvalue weighted by Gasteiger charge is 2.15. The molecule has 21 heavy (non-hydrogen) atoms. The molecule has 0 aliphatic heterocycles.